The summed E-state index contributed by atoms with van der Waals surface area (Å²) in [5.74, 6) is 0. The van der Waals surface area contributed by atoms with Crippen molar-refractivity contribution in [1.29, 1.82) is 0 Å². The minimum absolute atomic E-state index is 0.0200. The van der Waals surface area contributed by atoms with Crippen LogP contribution in [0.1, 0.15) is 63.3 Å². The second-order valence-corrected chi connectivity index (χ2v) is 9.50. The summed E-state index contributed by atoms with van der Waals surface area (Å²) in [7, 11) is 0. The molecule has 4 rings (SSSR count). The zero-order valence-electron chi connectivity index (χ0n) is 18.4. The highest BCUT2D eigenvalue weighted by atomic mass is 16.6. The smallest absolute Gasteiger partial charge is 0.410 e. The fourth-order valence-corrected chi connectivity index (χ4v) is 4.59. The van der Waals surface area contributed by atoms with Gasteiger partial charge in [0.25, 0.3) is 0 Å². The van der Waals surface area contributed by atoms with E-state index in [0.29, 0.717) is 13.1 Å². The minimum atomic E-state index is -0.462. The number of carbonyl (C=O) groups excluding carboxylic acids is 1. The summed E-state index contributed by atoms with van der Waals surface area (Å²) in [6, 6.07) is 19.4. The Kier molecular flexibility index (Phi) is 5.35. The summed E-state index contributed by atoms with van der Waals surface area (Å²) >= 11 is 0. The molecule has 2 aliphatic rings. The zero-order chi connectivity index (χ0) is 21.4. The molecule has 0 radical (unpaired) electrons. The molecule has 30 heavy (non-hydrogen) atoms. The van der Waals surface area contributed by atoms with Crippen LogP contribution in [0.3, 0.4) is 0 Å². The molecule has 1 heterocycles. The highest BCUT2D eigenvalue weighted by molar-refractivity contribution is 5.76. The highest BCUT2D eigenvalue weighted by Gasteiger charge is 2.42. The molecule has 158 valence electrons. The van der Waals surface area contributed by atoms with Gasteiger partial charge in [0.1, 0.15) is 5.60 Å². The Balaban J connectivity index is 1.53. The number of ether oxygens (including phenoxy) is 1. The first kappa shape index (κ1) is 20.5. The van der Waals surface area contributed by atoms with Gasteiger partial charge in [0.2, 0.25) is 0 Å². The first-order valence-electron chi connectivity index (χ1n) is 10.9. The number of rotatable bonds is 3. The summed E-state index contributed by atoms with van der Waals surface area (Å²) in [5.41, 5.74) is 4.65. The van der Waals surface area contributed by atoms with Gasteiger partial charge in [0, 0.05) is 35.8 Å². The summed E-state index contributed by atoms with van der Waals surface area (Å²) in [4.78, 5) is 14.4. The maximum Gasteiger partial charge on any atom is 0.410 e. The number of hydrogen-bond acceptors (Lipinski definition) is 3. The number of hydrogen-bond donors (Lipinski definition) is 1. The van der Waals surface area contributed by atoms with Gasteiger partial charge in [0.05, 0.1) is 0 Å². The van der Waals surface area contributed by atoms with Crippen molar-refractivity contribution >= 4 is 11.8 Å². The Morgan fingerprint density at radius 2 is 1.67 bits per heavy atom. The molecule has 2 aromatic rings. The Labute approximate surface area is 179 Å². The minimum Gasteiger partial charge on any atom is -0.444 e. The molecule has 1 saturated heterocycles. The molecule has 1 atom stereocenters. The number of nitrogens with one attached hydrogen (secondary N) is 1. The molecule has 4 nitrogen and oxygen atoms in total. The molecule has 1 aliphatic heterocycles. The fourth-order valence-electron chi connectivity index (χ4n) is 4.59. The fraction of sp³-hybridized carbons (Fsp3) is 0.423. The van der Waals surface area contributed by atoms with Crippen LogP contribution in [0.2, 0.25) is 0 Å². The first-order chi connectivity index (χ1) is 14.3. The van der Waals surface area contributed by atoms with Crippen LogP contribution in [0.4, 0.5) is 4.79 Å². The van der Waals surface area contributed by atoms with Gasteiger partial charge >= 0.3 is 6.09 Å². The number of carbonyl (C=O) groups is 1. The van der Waals surface area contributed by atoms with Crippen LogP contribution in [0.25, 0.3) is 5.70 Å². The normalized spacial score (nSPS) is 18.5. The zero-order valence-corrected chi connectivity index (χ0v) is 18.4. The SMILES string of the molecule is C[C@H](NC1=CC2(CCN(C(=O)OC(C)(C)C)CC2)c2ccccc21)c1ccccc1. The molecule has 4 heteroatoms. The first-order valence-corrected chi connectivity index (χ1v) is 10.9. The Morgan fingerprint density at radius 3 is 2.33 bits per heavy atom. The monoisotopic (exact) mass is 404 g/mol. The summed E-state index contributed by atoms with van der Waals surface area (Å²) < 4.78 is 5.58. The molecule has 0 saturated carbocycles. The maximum absolute atomic E-state index is 12.5. The van der Waals surface area contributed by atoms with Gasteiger partial charge in [-0.3, -0.25) is 0 Å². The maximum atomic E-state index is 12.5. The van der Waals surface area contributed by atoms with E-state index < -0.39 is 5.60 Å². The lowest BCUT2D eigenvalue weighted by Gasteiger charge is -2.39. The lowest BCUT2D eigenvalue weighted by Crippen LogP contribution is -2.45. The molecule has 1 N–H and O–H groups in total. The largest absolute Gasteiger partial charge is 0.444 e. The van der Waals surface area contributed by atoms with Crippen LogP contribution >= 0.6 is 0 Å². The quantitative estimate of drug-likeness (QED) is 0.718. The average molecular weight is 405 g/mol. The summed E-state index contributed by atoms with van der Waals surface area (Å²) in [5, 5.41) is 3.74. The molecular formula is C26H32N2O2. The topological polar surface area (TPSA) is 41.6 Å². The van der Waals surface area contributed by atoms with E-state index in [4.69, 9.17) is 4.74 Å². The molecule has 0 bridgehead atoms. The second-order valence-electron chi connectivity index (χ2n) is 9.50. The van der Waals surface area contributed by atoms with Crippen molar-refractivity contribution < 1.29 is 9.53 Å². The van der Waals surface area contributed by atoms with Crippen LogP contribution in [-0.4, -0.2) is 29.7 Å². The molecule has 1 amide bonds. The molecule has 0 aromatic heterocycles. The van der Waals surface area contributed by atoms with E-state index in [0.717, 1.165) is 12.8 Å². The molecule has 0 unspecified atom stereocenters. The lowest BCUT2D eigenvalue weighted by atomic mass is 9.74. The number of likely N-dealkylation sites (tertiary alicyclic amines) is 1. The standard InChI is InChI=1S/C26H32N2O2/c1-19(20-10-6-5-7-11-20)27-23-18-26(22-13-9-8-12-21(22)23)14-16-28(17-15-26)24(29)30-25(2,3)4/h5-13,18-19,27H,14-17H2,1-4H3/t19-/m0/s1. The predicted octanol–water partition coefficient (Wildman–Crippen LogP) is 5.66. The van der Waals surface area contributed by atoms with Gasteiger partial charge in [-0.2, -0.15) is 0 Å². The lowest BCUT2D eigenvalue weighted by molar-refractivity contribution is 0.0184. The van der Waals surface area contributed by atoms with Gasteiger partial charge in [-0.25, -0.2) is 4.79 Å². The summed E-state index contributed by atoms with van der Waals surface area (Å²) in [6.07, 6.45) is 4.02. The number of allylic oxidation sites excluding steroid dienone is 1. The van der Waals surface area contributed by atoms with E-state index >= 15 is 0 Å². The van der Waals surface area contributed by atoms with Crippen molar-refractivity contribution in [2.45, 2.75) is 57.6 Å². The number of amides is 1. The van der Waals surface area contributed by atoms with Crippen molar-refractivity contribution in [1.82, 2.24) is 10.2 Å². The van der Waals surface area contributed by atoms with Crippen molar-refractivity contribution in [2.75, 3.05) is 13.1 Å². The molecule has 1 aliphatic carbocycles. The van der Waals surface area contributed by atoms with Crippen LogP contribution in [0.5, 0.6) is 0 Å². The van der Waals surface area contributed by atoms with E-state index in [-0.39, 0.29) is 17.6 Å². The van der Waals surface area contributed by atoms with Crippen molar-refractivity contribution in [3.05, 3.63) is 77.4 Å². The number of fused-ring (bicyclic) bond motifs is 2. The van der Waals surface area contributed by atoms with Gasteiger partial charge in [-0.1, -0.05) is 54.6 Å². The third-order valence-electron chi connectivity index (χ3n) is 6.15. The third-order valence-corrected chi connectivity index (χ3v) is 6.15. The second kappa shape index (κ2) is 7.82. The van der Waals surface area contributed by atoms with Crippen molar-refractivity contribution in [2.24, 2.45) is 0 Å². The highest BCUT2D eigenvalue weighted by Crippen LogP contribution is 2.46. The van der Waals surface area contributed by atoms with Crippen molar-refractivity contribution in [3.63, 3.8) is 0 Å². The van der Waals surface area contributed by atoms with Crippen LogP contribution < -0.4 is 5.32 Å². The Hall–Kier alpha value is -2.75. The number of benzene rings is 2. The Morgan fingerprint density at radius 1 is 1.03 bits per heavy atom. The number of nitrogens with zero attached hydrogens (tertiary/aromatic N) is 1. The van der Waals surface area contributed by atoms with Gasteiger partial charge in [-0.05, 0) is 57.7 Å². The van der Waals surface area contributed by atoms with Crippen molar-refractivity contribution in [3.8, 4) is 0 Å². The average Bonchev–Trinajstić information content (AvgIpc) is 3.01. The molecule has 2 aromatic carbocycles. The van der Waals surface area contributed by atoms with Gasteiger partial charge in [0.15, 0.2) is 0 Å². The van der Waals surface area contributed by atoms with E-state index in [1.165, 1.54) is 22.4 Å². The van der Waals surface area contributed by atoms with E-state index in [1.807, 2.05) is 31.7 Å². The number of piperidine rings is 1. The Bertz CT molecular complexity index is 935. The van der Waals surface area contributed by atoms with Gasteiger partial charge in [-0.15, -0.1) is 0 Å². The van der Waals surface area contributed by atoms with Gasteiger partial charge < -0.3 is 15.0 Å². The van der Waals surface area contributed by atoms with E-state index in [9.17, 15) is 4.79 Å². The molecule has 1 spiro atoms. The van der Waals surface area contributed by atoms with Crippen LogP contribution in [-0.2, 0) is 10.2 Å². The van der Waals surface area contributed by atoms with E-state index in [1.54, 1.807) is 0 Å². The molecule has 1 fully saturated rings. The van der Waals surface area contributed by atoms with E-state index in [2.05, 4.69) is 66.8 Å². The van der Waals surface area contributed by atoms with Crippen LogP contribution in [0.15, 0.2) is 60.7 Å². The third kappa shape index (κ3) is 4.09. The molecular weight excluding hydrogens is 372 g/mol. The predicted molar refractivity (Wildman–Crippen MR) is 121 cm³/mol. The van der Waals surface area contributed by atoms with Crippen LogP contribution in [0, 0.1) is 0 Å². The summed E-state index contributed by atoms with van der Waals surface area (Å²) in [6.45, 7) is 9.37.